The number of ether oxygens (including phenoxy) is 3. The van der Waals surface area contributed by atoms with Crippen LogP contribution in [0, 0.1) is 0 Å². The fourth-order valence-corrected chi connectivity index (χ4v) is 3.58. The summed E-state index contributed by atoms with van der Waals surface area (Å²) in [6, 6.07) is 5.75. The average molecular weight is 346 g/mol. The maximum Gasteiger partial charge on any atom is 0.228 e. The number of amides is 1. The van der Waals surface area contributed by atoms with Crippen molar-refractivity contribution in [3.8, 4) is 22.8 Å². The summed E-state index contributed by atoms with van der Waals surface area (Å²) in [6.07, 6.45) is 2.41. The Kier molecular flexibility index (Phi) is 4.36. The number of carbonyl (C=O) groups is 1. The SMILES string of the molecule is O=C(C[C@@H]1CCCO1)Nc1nc(-c2ccc3c(c2)OCCO3)cs1. The second-order valence-electron chi connectivity index (χ2n) is 5.78. The highest BCUT2D eigenvalue weighted by Crippen LogP contribution is 2.35. The molecule has 0 bridgehead atoms. The van der Waals surface area contributed by atoms with Crippen LogP contribution in [-0.4, -0.2) is 36.8 Å². The molecule has 0 aliphatic carbocycles. The Hall–Kier alpha value is -2.12. The van der Waals surface area contributed by atoms with Crippen LogP contribution in [0.3, 0.4) is 0 Å². The number of thiazole rings is 1. The Balaban J connectivity index is 1.43. The number of anilines is 1. The second-order valence-corrected chi connectivity index (χ2v) is 6.64. The second kappa shape index (κ2) is 6.78. The van der Waals surface area contributed by atoms with Crippen molar-refractivity contribution in [2.24, 2.45) is 0 Å². The van der Waals surface area contributed by atoms with Gasteiger partial charge in [0, 0.05) is 17.6 Å². The maximum atomic E-state index is 12.0. The molecule has 1 N–H and O–H groups in total. The van der Waals surface area contributed by atoms with Gasteiger partial charge in [0.05, 0.1) is 18.2 Å². The zero-order chi connectivity index (χ0) is 16.4. The molecule has 126 valence electrons. The molecule has 1 atom stereocenters. The average Bonchev–Trinajstić information content (AvgIpc) is 3.26. The van der Waals surface area contributed by atoms with Gasteiger partial charge >= 0.3 is 0 Å². The van der Waals surface area contributed by atoms with Crippen LogP contribution in [0.25, 0.3) is 11.3 Å². The van der Waals surface area contributed by atoms with Gasteiger partial charge in [-0.15, -0.1) is 11.3 Å². The number of aromatic nitrogens is 1. The monoisotopic (exact) mass is 346 g/mol. The summed E-state index contributed by atoms with van der Waals surface area (Å²) in [5.74, 6) is 1.44. The van der Waals surface area contributed by atoms with E-state index in [1.54, 1.807) is 0 Å². The molecule has 1 fully saturated rings. The summed E-state index contributed by atoms with van der Waals surface area (Å²) in [6.45, 7) is 1.88. The van der Waals surface area contributed by atoms with Crippen LogP contribution in [0.5, 0.6) is 11.5 Å². The summed E-state index contributed by atoms with van der Waals surface area (Å²) in [7, 11) is 0. The van der Waals surface area contributed by atoms with E-state index >= 15 is 0 Å². The van der Waals surface area contributed by atoms with E-state index < -0.39 is 0 Å². The first-order chi connectivity index (χ1) is 11.8. The van der Waals surface area contributed by atoms with Crippen molar-refractivity contribution < 1.29 is 19.0 Å². The van der Waals surface area contributed by atoms with Gasteiger partial charge in [0.2, 0.25) is 5.91 Å². The number of rotatable bonds is 4. The summed E-state index contributed by atoms with van der Waals surface area (Å²) < 4.78 is 16.6. The molecule has 1 aromatic heterocycles. The standard InChI is InChI=1S/C17H18N2O4S/c20-16(9-12-2-1-5-21-12)19-17-18-13(10-24-17)11-3-4-14-15(8-11)23-7-6-22-14/h3-4,8,10,12H,1-2,5-7,9H2,(H,18,19,20)/t12-/m0/s1. The Labute approximate surface area is 143 Å². The van der Waals surface area contributed by atoms with Crippen molar-refractivity contribution in [1.82, 2.24) is 4.98 Å². The van der Waals surface area contributed by atoms with E-state index in [2.05, 4.69) is 10.3 Å². The van der Waals surface area contributed by atoms with E-state index in [9.17, 15) is 4.79 Å². The molecule has 0 radical (unpaired) electrons. The van der Waals surface area contributed by atoms with E-state index in [4.69, 9.17) is 14.2 Å². The fourth-order valence-electron chi connectivity index (χ4n) is 2.85. The highest BCUT2D eigenvalue weighted by atomic mass is 32.1. The molecule has 0 unspecified atom stereocenters. The molecule has 2 aliphatic rings. The Bertz CT molecular complexity index is 740. The lowest BCUT2D eigenvalue weighted by Gasteiger charge is -2.18. The number of benzene rings is 1. The highest BCUT2D eigenvalue weighted by Gasteiger charge is 2.20. The Morgan fingerprint density at radius 2 is 2.12 bits per heavy atom. The Morgan fingerprint density at radius 1 is 1.25 bits per heavy atom. The van der Waals surface area contributed by atoms with Gasteiger partial charge in [0.15, 0.2) is 16.6 Å². The van der Waals surface area contributed by atoms with E-state index in [0.29, 0.717) is 24.8 Å². The molecule has 0 saturated carbocycles. The minimum absolute atomic E-state index is 0.0437. The van der Waals surface area contributed by atoms with Crippen molar-refractivity contribution in [3.63, 3.8) is 0 Å². The lowest BCUT2D eigenvalue weighted by atomic mass is 10.1. The largest absolute Gasteiger partial charge is 0.486 e. The van der Waals surface area contributed by atoms with Crippen LogP contribution in [0.2, 0.25) is 0 Å². The van der Waals surface area contributed by atoms with Gasteiger partial charge < -0.3 is 19.5 Å². The van der Waals surface area contributed by atoms with Gasteiger partial charge in [-0.25, -0.2) is 4.98 Å². The molecule has 4 rings (SSSR count). The molecule has 1 aromatic carbocycles. The van der Waals surface area contributed by atoms with E-state index in [1.807, 2.05) is 23.6 Å². The number of carbonyl (C=O) groups excluding carboxylic acids is 1. The van der Waals surface area contributed by atoms with Crippen LogP contribution in [0.1, 0.15) is 19.3 Å². The smallest absolute Gasteiger partial charge is 0.228 e. The topological polar surface area (TPSA) is 69.7 Å². The first-order valence-corrected chi connectivity index (χ1v) is 8.93. The third-order valence-electron chi connectivity index (χ3n) is 4.03. The molecular formula is C17H18N2O4S. The van der Waals surface area contributed by atoms with E-state index in [0.717, 1.165) is 42.2 Å². The van der Waals surface area contributed by atoms with Gasteiger partial charge in [0.1, 0.15) is 13.2 Å². The molecule has 1 saturated heterocycles. The first kappa shape index (κ1) is 15.4. The summed E-state index contributed by atoms with van der Waals surface area (Å²) in [5, 5.41) is 5.38. The van der Waals surface area contributed by atoms with Crippen LogP contribution in [0.4, 0.5) is 5.13 Å². The van der Waals surface area contributed by atoms with Crippen molar-refractivity contribution in [1.29, 1.82) is 0 Å². The summed E-state index contributed by atoms with van der Waals surface area (Å²) in [5.41, 5.74) is 1.75. The molecule has 2 aliphatic heterocycles. The normalized spacial score (nSPS) is 19.2. The molecule has 0 spiro atoms. The van der Waals surface area contributed by atoms with Gasteiger partial charge in [-0.1, -0.05) is 0 Å². The molecular weight excluding hydrogens is 328 g/mol. The fraction of sp³-hybridized carbons (Fsp3) is 0.412. The zero-order valence-corrected chi connectivity index (χ0v) is 13.9. The van der Waals surface area contributed by atoms with Crippen LogP contribution in [0.15, 0.2) is 23.6 Å². The predicted molar refractivity (Wildman–Crippen MR) is 90.8 cm³/mol. The lowest BCUT2D eigenvalue weighted by molar-refractivity contribution is -0.118. The van der Waals surface area contributed by atoms with Crippen molar-refractivity contribution in [2.45, 2.75) is 25.4 Å². The minimum atomic E-state index is -0.0509. The first-order valence-electron chi connectivity index (χ1n) is 8.05. The van der Waals surface area contributed by atoms with Crippen molar-refractivity contribution in [2.75, 3.05) is 25.1 Å². The molecule has 3 heterocycles. The quantitative estimate of drug-likeness (QED) is 0.921. The van der Waals surface area contributed by atoms with Gasteiger partial charge in [-0.2, -0.15) is 0 Å². The van der Waals surface area contributed by atoms with E-state index in [-0.39, 0.29) is 12.0 Å². The number of nitrogens with one attached hydrogen (secondary N) is 1. The van der Waals surface area contributed by atoms with Gasteiger partial charge in [-0.05, 0) is 31.0 Å². The molecule has 6 nitrogen and oxygen atoms in total. The minimum Gasteiger partial charge on any atom is -0.486 e. The summed E-state index contributed by atoms with van der Waals surface area (Å²) >= 11 is 1.41. The van der Waals surface area contributed by atoms with Crippen LogP contribution >= 0.6 is 11.3 Å². The van der Waals surface area contributed by atoms with Crippen LogP contribution in [-0.2, 0) is 9.53 Å². The molecule has 1 amide bonds. The molecule has 2 aromatic rings. The van der Waals surface area contributed by atoms with Gasteiger partial charge in [0.25, 0.3) is 0 Å². The van der Waals surface area contributed by atoms with Gasteiger partial charge in [-0.3, -0.25) is 4.79 Å². The zero-order valence-electron chi connectivity index (χ0n) is 13.1. The lowest BCUT2D eigenvalue weighted by Crippen LogP contribution is -2.19. The van der Waals surface area contributed by atoms with E-state index in [1.165, 1.54) is 11.3 Å². The van der Waals surface area contributed by atoms with Crippen molar-refractivity contribution >= 4 is 22.4 Å². The third-order valence-corrected chi connectivity index (χ3v) is 4.78. The number of nitrogens with zero attached hydrogens (tertiary/aromatic N) is 1. The summed E-state index contributed by atoms with van der Waals surface area (Å²) in [4.78, 5) is 16.5. The third kappa shape index (κ3) is 3.37. The highest BCUT2D eigenvalue weighted by molar-refractivity contribution is 7.14. The molecule has 7 heteroatoms. The predicted octanol–water partition coefficient (Wildman–Crippen LogP) is 3.09. The molecule has 24 heavy (non-hydrogen) atoms. The number of hydrogen-bond donors (Lipinski definition) is 1. The maximum absolute atomic E-state index is 12.0. The van der Waals surface area contributed by atoms with Crippen LogP contribution < -0.4 is 14.8 Å². The van der Waals surface area contributed by atoms with Crippen molar-refractivity contribution in [3.05, 3.63) is 23.6 Å². The number of hydrogen-bond acceptors (Lipinski definition) is 6. The Morgan fingerprint density at radius 3 is 2.96 bits per heavy atom. The number of fused-ring (bicyclic) bond motifs is 1.